The van der Waals surface area contributed by atoms with E-state index in [0.29, 0.717) is 71.0 Å². The topological polar surface area (TPSA) is 137 Å². The number of carbonyl (C=O) groups is 2. The normalized spacial score (nSPS) is 10.8. The number of aliphatic hydroxyl groups is 1. The molecule has 2 aromatic carbocycles. The molecular formula is C29H40O12. The minimum Gasteiger partial charge on any atom is -0.497 e. The fraction of sp³-hybridized carbons (Fsp3) is 0.517. The molecule has 0 aliphatic heterocycles. The van der Waals surface area contributed by atoms with Crippen LogP contribution in [0.1, 0.15) is 20.7 Å². The lowest BCUT2D eigenvalue weighted by Gasteiger charge is -2.16. The van der Waals surface area contributed by atoms with E-state index in [0.717, 1.165) is 0 Å². The Bertz CT molecular complexity index is 1020. The Morgan fingerprint density at radius 3 is 1.51 bits per heavy atom. The number of benzene rings is 2. The summed E-state index contributed by atoms with van der Waals surface area (Å²) >= 11 is 0. The smallest absolute Gasteiger partial charge is 0.233 e. The molecule has 0 saturated heterocycles. The van der Waals surface area contributed by atoms with Crippen LogP contribution in [-0.2, 0) is 23.7 Å². The predicted octanol–water partition coefficient (Wildman–Crippen LogP) is 2.23. The van der Waals surface area contributed by atoms with E-state index in [-0.39, 0.29) is 42.4 Å². The highest BCUT2D eigenvalue weighted by Gasteiger charge is 2.23. The van der Waals surface area contributed by atoms with Crippen LogP contribution >= 0.6 is 0 Å². The van der Waals surface area contributed by atoms with Gasteiger partial charge in [-0.3, -0.25) is 9.59 Å². The van der Waals surface area contributed by atoms with Crippen molar-refractivity contribution in [3.05, 3.63) is 47.5 Å². The van der Waals surface area contributed by atoms with Crippen LogP contribution in [0.25, 0.3) is 0 Å². The van der Waals surface area contributed by atoms with Gasteiger partial charge in [0.1, 0.15) is 12.4 Å². The fourth-order valence-electron chi connectivity index (χ4n) is 3.43. The van der Waals surface area contributed by atoms with Gasteiger partial charge in [-0.1, -0.05) is 12.1 Å². The second-order valence-corrected chi connectivity index (χ2v) is 8.23. The number of methoxy groups -OCH3 is 3. The summed E-state index contributed by atoms with van der Waals surface area (Å²) in [6, 6.07) is 9.26. The molecule has 12 heteroatoms. The van der Waals surface area contributed by atoms with Gasteiger partial charge < -0.3 is 47.7 Å². The summed E-state index contributed by atoms with van der Waals surface area (Å²) in [4.78, 5) is 25.7. The monoisotopic (exact) mass is 580 g/mol. The molecule has 0 amide bonds. The molecule has 2 aromatic rings. The summed E-state index contributed by atoms with van der Waals surface area (Å²) < 4.78 is 48.5. The van der Waals surface area contributed by atoms with Gasteiger partial charge in [-0.15, -0.1) is 0 Å². The number of hydrogen-bond donors (Lipinski definition) is 1. The Kier molecular flexibility index (Phi) is 17.0. The first-order valence-corrected chi connectivity index (χ1v) is 13.2. The molecule has 41 heavy (non-hydrogen) atoms. The molecule has 0 atom stereocenters. The molecule has 0 heterocycles. The van der Waals surface area contributed by atoms with Gasteiger partial charge in [0.25, 0.3) is 0 Å². The minimum absolute atomic E-state index is 0.00314. The highest BCUT2D eigenvalue weighted by atomic mass is 16.6. The van der Waals surface area contributed by atoms with E-state index in [1.54, 1.807) is 18.2 Å². The van der Waals surface area contributed by atoms with Crippen LogP contribution in [0.2, 0.25) is 0 Å². The van der Waals surface area contributed by atoms with E-state index >= 15 is 0 Å². The first kappa shape index (κ1) is 33.9. The maximum absolute atomic E-state index is 12.9. The lowest BCUT2D eigenvalue weighted by Crippen LogP contribution is -2.16. The summed E-state index contributed by atoms with van der Waals surface area (Å²) in [5, 5.41) is 8.59. The summed E-state index contributed by atoms with van der Waals surface area (Å²) in [6.07, 6.45) is 0. The van der Waals surface area contributed by atoms with Crippen molar-refractivity contribution >= 4 is 11.6 Å². The lowest BCUT2D eigenvalue weighted by molar-refractivity contribution is -0.0147. The third kappa shape index (κ3) is 12.4. The van der Waals surface area contributed by atoms with Gasteiger partial charge in [-0.2, -0.15) is 0 Å². The van der Waals surface area contributed by atoms with Crippen molar-refractivity contribution < 1.29 is 57.3 Å². The van der Waals surface area contributed by atoms with Crippen LogP contribution in [0.5, 0.6) is 23.0 Å². The van der Waals surface area contributed by atoms with E-state index in [4.69, 9.17) is 47.7 Å². The SMILES string of the molecule is COc1cccc(C(=O)C(=O)c2cc(OC)c(OCCOCCOCCOCCOCCOCCO)c(OC)c2)c1. The van der Waals surface area contributed by atoms with E-state index < -0.39 is 11.6 Å². The number of ether oxygens (including phenoxy) is 9. The first-order chi connectivity index (χ1) is 20.0. The van der Waals surface area contributed by atoms with Crippen LogP contribution in [0.15, 0.2) is 36.4 Å². The van der Waals surface area contributed by atoms with E-state index in [2.05, 4.69) is 0 Å². The first-order valence-electron chi connectivity index (χ1n) is 13.2. The van der Waals surface area contributed by atoms with Crippen molar-refractivity contribution in [3.8, 4) is 23.0 Å². The van der Waals surface area contributed by atoms with Crippen LogP contribution in [0, 0.1) is 0 Å². The third-order valence-corrected chi connectivity index (χ3v) is 5.46. The Labute approximate surface area is 240 Å². The molecular weight excluding hydrogens is 540 g/mol. The van der Waals surface area contributed by atoms with Gasteiger partial charge in [0.15, 0.2) is 11.5 Å². The Morgan fingerprint density at radius 2 is 1.05 bits per heavy atom. The summed E-state index contributed by atoms with van der Waals surface area (Å²) in [5.74, 6) is -0.150. The highest BCUT2D eigenvalue weighted by molar-refractivity contribution is 6.49. The zero-order valence-electron chi connectivity index (χ0n) is 23.9. The molecule has 2 rings (SSSR count). The molecule has 0 unspecified atom stereocenters. The Hall–Kier alpha value is -3.26. The summed E-state index contributed by atoms with van der Waals surface area (Å²) in [5.41, 5.74) is 0.316. The van der Waals surface area contributed by atoms with Crippen LogP contribution < -0.4 is 18.9 Å². The lowest BCUT2D eigenvalue weighted by atomic mass is 10.0. The second-order valence-electron chi connectivity index (χ2n) is 8.23. The Balaban J connectivity index is 1.68. The van der Waals surface area contributed by atoms with Crippen molar-refractivity contribution in [1.29, 1.82) is 0 Å². The van der Waals surface area contributed by atoms with E-state index in [1.807, 2.05) is 0 Å². The van der Waals surface area contributed by atoms with E-state index in [1.165, 1.54) is 39.5 Å². The molecule has 0 radical (unpaired) electrons. The van der Waals surface area contributed by atoms with Gasteiger partial charge in [-0.25, -0.2) is 0 Å². The van der Waals surface area contributed by atoms with Crippen molar-refractivity contribution in [1.82, 2.24) is 0 Å². The maximum Gasteiger partial charge on any atom is 0.233 e. The number of ketones is 2. The number of hydrogen-bond acceptors (Lipinski definition) is 12. The summed E-state index contributed by atoms with van der Waals surface area (Å²) in [7, 11) is 4.35. The average molecular weight is 581 g/mol. The quantitative estimate of drug-likeness (QED) is 0.111. The summed E-state index contributed by atoms with van der Waals surface area (Å²) in [6.45, 7) is 4.23. The van der Waals surface area contributed by atoms with Crippen molar-refractivity contribution in [2.45, 2.75) is 0 Å². The minimum atomic E-state index is -0.719. The van der Waals surface area contributed by atoms with Gasteiger partial charge in [0, 0.05) is 11.1 Å². The van der Waals surface area contributed by atoms with Gasteiger partial charge in [0.05, 0.1) is 94.0 Å². The molecule has 0 fully saturated rings. The van der Waals surface area contributed by atoms with Crippen LogP contribution in [0.3, 0.4) is 0 Å². The van der Waals surface area contributed by atoms with Gasteiger partial charge >= 0.3 is 0 Å². The van der Waals surface area contributed by atoms with Crippen LogP contribution in [0.4, 0.5) is 0 Å². The Morgan fingerprint density at radius 1 is 0.585 bits per heavy atom. The number of Topliss-reactive ketones (excluding diaryl/α,β-unsaturated/α-hetero) is 2. The highest BCUT2D eigenvalue weighted by Crippen LogP contribution is 2.39. The molecule has 0 saturated carbocycles. The average Bonchev–Trinajstić information content (AvgIpc) is 3.01. The molecule has 12 nitrogen and oxygen atoms in total. The second kappa shape index (κ2) is 20.6. The van der Waals surface area contributed by atoms with Crippen LogP contribution in [-0.4, -0.2) is 117 Å². The number of carbonyl (C=O) groups excluding carboxylic acids is 2. The zero-order chi connectivity index (χ0) is 29.7. The van der Waals surface area contributed by atoms with Gasteiger partial charge in [0.2, 0.25) is 17.3 Å². The third-order valence-electron chi connectivity index (χ3n) is 5.46. The zero-order valence-corrected chi connectivity index (χ0v) is 23.9. The van der Waals surface area contributed by atoms with Crippen molar-refractivity contribution in [3.63, 3.8) is 0 Å². The molecule has 0 bridgehead atoms. The molecule has 228 valence electrons. The molecule has 0 spiro atoms. The largest absolute Gasteiger partial charge is 0.497 e. The van der Waals surface area contributed by atoms with Gasteiger partial charge in [-0.05, 0) is 24.3 Å². The maximum atomic E-state index is 12.9. The number of aliphatic hydroxyl groups excluding tert-OH is 1. The van der Waals surface area contributed by atoms with Crippen molar-refractivity contribution in [2.24, 2.45) is 0 Å². The fourth-order valence-corrected chi connectivity index (χ4v) is 3.43. The predicted molar refractivity (Wildman–Crippen MR) is 148 cm³/mol. The standard InChI is InChI=1S/C29H40O12/c1-33-24-6-4-5-22(19-24)27(31)28(32)23-20-25(34-2)29(26(21-23)35-3)41-18-17-40-16-15-39-14-13-38-12-11-37-10-9-36-8-7-30/h4-6,19-21,30H,7-18H2,1-3H3. The molecule has 0 aromatic heterocycles. The number of rotatable bonds is 24. The molecule has 1 N–H and O–H groups in total. The van der Waals surface area contributed by atoms with Crippen molar-refractivity contribution in [2.75, 3.05) is 101 Å². The molecule has 0 aliphatic carbocycles. The van der Waals surface area contributed by atoms with E-state index in [9.17, 15) is 9.59 Å². The molecule has 0 aliphatic rings.